The number of benzene rings is 1. The second kappa shape index (κ2) is 11.0. The lowest BCUT2D eigenvalue weighted by atomic mass is 10.1. The molecule has 0 nitrogen and oxygen atoms in total. The molecule has 0 unspecified atom stereocenters. The van der Waals surface area contributed by atoms with Gasteiger partial charge >= 0.3 is 0 Å². The standard InChI is InChI=1S/C19H24S6/c1-21-17-16(12-6-4-2-3-5-9-13-20)24-19(25-17)18-22-14-10-7-8-11-15(14)23-18/h7-8,10-11,20H,2-6,9,12-13H2,1H3. The Morgan fingerprint density at radius 2 is 1.40 bits per heavy atom. The fraction of sp³-hybridized carbons (Fsp3) is 0.474. The van der Waals surface area contributed by atoms with Crippen LogP contribution in [0.2, 0.25) is 0 Å². The quantitative estimate of drug-likeness (QED) is 0.298. The van der Waals surface area contributed by atoms with E-state index in [0.717, 1.165) is 5.75 Å². The zero-order chi connectivity index (χ0) is 17.5. The average Bonchev–Trinajstić information content (AvgIpc) is 3.24. The third-order valence-electron chi connectivity index (χ3n) is 4.05. The van der Waals surface area contributed by atoms with E-state index in [1.807, 2.05) is 58.8 Å². The zero-order valence-electron chi connectivity index (χ0n) is 14.5. The van der Waals surface area contributed by atoms with Gasteiger partial charge < -0.3 is 0 Å². The van der Waals surface area contributed by atoms with Crippen molar-refractivity contribution in [2.75, 3.05) is 12.0 Å². The molecule has 2 aliphatic heterocycles. The number of thiol groups is 1. The Morgan fingerprint density at radius 1 is 0.800 bits per heavy atom. The van der Waals surface area contributed by atoms with Gasteiger partial charge in [0.15, 0.2) is 0 Å². The van der Waals surface area contributed by atoms with E-state index in [1.165, 1.54) is 67.4 Å². The first-order chi connectivity index (χ1) is 12.3. The lowest BCUT2D eigenvalue weighted by molar-refractivity contribution is 0.612. The van der Waals surface area contributed by atoms with Gasteiger partial charge in [0.25, 0.3) is 0 Å². The molecule has 0 amide bonds. The van der Waals surface area contributed by atoms with Crippen molar-refractivity contribution in [3.8, 4) is 0 Å². The first kappa shape index (κ1) is 20.5. The summed E-state index contributed by atoms with van der Waals surface area (Å²) in [5, 5.41) is 0. The van der Waals surface area contributed by atoms with Crippen LogP contribution in [0.1, 0.15) is 44.9 Å². The van der Waals surface area contributed by atoms with E-state index in [1.54, 1.807) is 4.91 Å². The fourth-order valence-electron chi connectivity index (χ4n) is 2.73. The molecule has 3 rings (SSSR count). The molecule has 2 aliphatic rings. The van der Waals surface area contributed by atoms with E-state index in [4.69, 9.17) is 0 Å². The van der Waals surface area contributed by atoms with Crippen LogP contribution in [0.3, 0.4) is 0 Å². The van der Waals surface area contributed by atoms with Crippen molar-refractivity contribution < 1.29 is 0 Å². The first-order valence-electron chi connectivity index (χ1n) is 8.74. The van der Waals surface area contributed by atoms with Gasteiger partial charge in [-0.25, -0.2) is 0 Å². The number of allylic oxidation sites excluding steroid dienone is 1. The number of thioether (sulfide) groups is 5. The van der Waals surface area contributed by atoms with Gasteiger partial charge in [-0.05, 0) is 43.4 Å². The van der Waals surface area contributed by atoms with Gasteiger partial charge in [0, 0.05) is 14.7 Å². The first-order valence-corrected chi connectivity index (χ1v) is 13.9. The van der Waals surface area contributed by atoms with Crippen molar-refractivity contribution in [2.24, 2.45) is 0 Å². The minimum atomic E-state index is 1.04. The zero-order valence-corrected chi connectivity index (χ0v) is 19.4. The van der Waals surface area contributed by atoms with Crippen LogP contribution in [0.25, 0.3) is 0 Å². The van der Waals surface area contributed by atoms with Gasteiger partial charge in [0.1, 0.15) is 0 Å². The largest absolute Gasteiger partial charge is 0.179 e. The summed E-state index contributed by atoms with van der Waals surface area (Å²) in [6.45, 7) is 0. The fourth-order valence-corrected chi connectivity index (χ4v) is 9.63. The average molecular weight is 445 g/mol. The molecular weight excluding hydrogens is 421 g/mol. The summed E-state index contributed by atoms with van der Waals surface area (Å²) in [4.78, 5) is 4.43. The molecule has 0 N–H and O–H groups in total. The molecule has 0 radical (unpaired) electrons. The van der Waals surface area contributed by atoms with E-state index in [2.05, 4.69) is 43.2 Å². The smallest absolute Gasteiger partial charge is 0.0708 e. The molecule has 0 bridgehead atoms. The number of fused-ring (bicyclic) bond motifs is 1. The summed E-state index contributed by atoms with van der Waals surface area (Å²) >= 11 is 14.1. The van der Waals surface area contributed by atoms with Crippen molar-refractivity contribution in [3.63, 3.8) is 0 Å². The SMILES string of the molecule is CSC1=C(CCCCCCCCS)SC(=C2Sc3ccccc3S2)S1. The maximum atomic E-state index is 4.28. The van der Waals surface area contributed by atoms with Crippen LogP contribution in [-0.4, -0.2) is 12.0 Å². The summed E-state index contributed by atoms with van der Waals surface area (Å²) in [7, 11) is 0. The third-order valence-corrected chi connectivity index (χ3v) is 11.4. The van der Waals surface area contributed by atoms with Crippen LogP contribution in [0.15, 0.2) is 51.7 Å². The van der Waals surface area contributed by atoms with Crippen LogP contribution in [0.4, 0.5) is 0 Å². The van der Waals surface area contributed by atoms with Crippen LogP contribution in [0, 0.1) is 0 Å². The lowest BCUT2D eigenvalue weighted by Crippen LogP contribution is -1.83. The molecule has 2 heterocycles. The third kappa shape index (κ3) is 5.89. The van der Waals surface area contributed by atoms with E-state index in [9.17, 15) is 0 Å². The lowest BCUT2D eigenvalue weighted by Gasteiger charge is -2.04. The van der Waals surface area contributed by atoms with Crippen molar-refractivity contribution in [1.82, 2.24) is 0 Å². The highest BCUT2D eigenvalue weighted by Crippen LogP contribution is 2.62. The summed E-state index contributed by atoms with van der Waals surface area (Å²) < 4.78 is 4.50. The summed E-state index contributed by atoms with van der Waals surface area (Å²) in [5.74, 6) is 1.04. The summed E-state index contributed by atoms with van der Waals surface area (Å²) in [5.41, 5.74) is 0. The molecule has 0 aliphatic carbocycles. The molecule has 0 spiro atoms. The molecule has 1 aromatic rings. The Kier molecular flexibility index (Phi) is 9.00. The van der Waals surface area contributed by atoms with E-state index in [0.29, 0.717) is 0 Å². The van der Waals surface area contributed by atoms with Crippen LogP contribution in [-0.2, 0) is 0 Å². The highest BCUT2D eigenvalue weighted by molar-refractivity contribution is 8.37. The maximum absolute atomic E-state index is 4.28. The number of hydrogen-bond acceptors (Lipinski definition) is 6. The minimum Gasteiger partial charge on any atom is -0.179 e. The summed E-state index contributed by atoms with van der Waals surface area (Å²) in [6, 6.07) is 8.76. The second-order valence-corrected chi connectivity index (χ2v) is 12.2. The molecule has 0 aromatic heterocycles. The van der Waals surface area contributed by atoms with Crippen LogP contribution < -0.4 is 0 Å². The van der Waals surface area contributed by atoms with Crippen molar-refractivity contribution in [2.45, 2.75) is 54.7 Å². The number of unbranched alkanes of at least 4 members (excludes halogenated alkanes) is 5. The van der Waals surface area contributed by atoms with Gasteiger partial charge in [-0.1, -0.05) is 84.9 Å². The molecule has 25 heavy (non-hydrogen) atoms. The molecule has 0 saturated carbocycles. The van der Waals surface area contributed by atoms with E-state index in [-0.39, 0.29) is 0 Å². The maximum Gasteiger partial charge on any atom is 0.0708 e. The molecular formula is C19H24S6. The minimum absolute atomic E-state index is 1.04. The number of rotatable bonds is 9. The molecule has 136 valence electrons. The molecule has 0 fully saturated rings. The van der Waals surface area contributed by atoms with Crippen molar-refractivity contribution in [3.05, 3.63) is 41.9 Å². The van der Waals surface area contributed by atoms with Crippen LogP contribution in [0.5, 0.6) is 0 Å². The molecule has 6 heteroatoms. The van der Waals surface area contributed by atoms with Gasteiger partial charge in [0.2, 0.25) is 0 Å². The summed E-state index contributed by atoms with van der Waals surface area (Å²) in [6.07, 6.45) is 11.5. The monoisotopic (exact) mass is 444 g/mol. The normalized spacial score (nSPS) is 16.9. The highest BCUT2D eigenvalue weighted by atomic mass is 32.2. The predicted octanol–water partition coefficient (Wildman–Crippen LogP) is 8.68. The van der Waals surface area contributed by atoms with Crippen LogP contribution >= 0.6 is 71.4 Å². The Bertz CT molecular complexity index is 622. The molecule has 0 saturated heterocycles. The highest BCUT2D eigenvalue weighted by Gasteiger charge is 2.27. The van der Waals surface area contributed by atoms with Gasteiger partial charge in [-0.2, -0.15) is 12.6 Å². The topological polar surface area (TPSA) is 0 Å². The predicted molar refractivity (Wildman–Crippen MR) is 127 cm³/mol. The Morgan fingerprint density at radius 3 is 2.04 bits per heavy atom. The van der Waals surface area contributed by atoms with Gasteiger partial charge in [-0.15, -0.1) is 11.8 Å². The second-order valence-electron chi connectivity index (χ2n) is 5.94. The van der Waals surface area contributed by atoms with E-state index >= 15 is 0 Å². The molecule has 1 aromatic carbocycles. The Labute approximate surface area is 179 Å². The Hall–Kier alpha value is 0.800. The van der Waals surface area contributed by atoms with Crippen molar-refractivity contribution >= 4 is 71.4 Å². The van der Waals surface area contributed by atoms with E-state index < -0.39 is 0 Å². The van der Waals surface area contributed by atoms with Crippen molar-refractivity contribution in [1.29, 1.82) is 0 Å². The Balaban J connectivity index is 1.49. The number of hydrogen-bond donors (Lipinski definition) is 1. The van der Waals surface area contributed by atoms with Gasteiger partial charge in [-0.3, -0.25) is 0 Å². The molecule has 0 atom stereocenters. The van der Waals surface area contributed by atoms with Gasteiger partial charge in [0.05, 0.1) is 12.7 Å².